The van der Waals surface area contributed by atoms with E-state index in [0.29, 0.717) is 11.3 Å². The van der Waals surface area contributed by atoms with E-state index in [4.69, 9.17) is 0 Å². The Bertz CT molecular complexity index is 837. The van der Waals surface area contributed by atoms with Crippen molar-refractivity contribution < 1.29 is 17.6 Å². The Morgan fingerprint density at radius 3 is 2.54 bits per heavy atom. The molecule has 0 aliphatic rings. The molecule has 0 fully saturated rings. The molecule has 24 heavy (non-hydrogen) atoms. The van der Waals surface area contributed by atoms with Crippen molar-refractivity contribution >= 4 is 21.6 Å². The number of hydrogen-bond donors (Lipinski definition) is 2. The number of rotatable bonds is 6. The highest BCUT2D eigenvalue weighted by Gasteiger charge is 2.13. The van der Waals surface area contributed by atoms with Gasteiger partial charge in [-0.05, 0) is 36.2 Å². The number of benzene rings is 2. The smallest absolute Gasteiger partial charge is 0.229 e. The summed E-state index contributed by atoms with van der Waals surface area (Å²) in [6.07, 6.45) is 1.01. The Balaban J connectivity index is 2.04. The fourth-order valence-electron chi connectivity index (χ4n) is 2.28. The van der Waals surface area contributed by atoms with Crippen molar-refractivity contribution in [3.8, 4) is 0 Å². The molecule has 0 aliphatic carbocycles. The number of halogens is 1. The molecule has 0 aromatic heterocycles. The van der Waals surface area contributed by atoms with Crippen LogP contribution in [0, 0.1) is 5.82 Å². The van der Waals surface area contributed by atoms with Crippen LogP contribution < -0.4 is 10.0 Å². The van der Waals surface area contributed by atoms with Crippen LogP contribution in [0.5, 0.6) is 0 Å². The molecule has 0 aliphatic heterocycles. The number of carbonyl (C=O) groups excluding carboxylic acids is 1. The van der Waals surface area contributed by atoms with Gasteiger partial charge in [-0.1, -0.05) is 30.3 Å². The van der Waals surface area contributed by atoms with E-state index in [-0.39, 0.29) is 18.4 Å². The van der Waals surface area contributed by atoms with E-state index >= 15 is 0 Å². The molecule has 0 heterocycles. The predicted molar refractivity (Wildman–Crippen MR) is 91.6 cm³/mol. The third kappa shape index (κ3) is 5.34. The Morgan fingerprint density at radius 2 is 1.88 bits per heavy atom. The summed E-state index contributed by atoms with van der Waals surface area (Å²) in [6.45, 7) is 1.78. The van der Waals surface area contributed by atoms with Crippen LogP contribution >= 0.6 is 0 Å². The quantitative estimate of drug-likeness (QED) is 0.841. The zero-order chi connectivity index (χ0) is 17.7. The van der Waals surface area contributed by atoms with Crippen LogP contribution in [0.1, 0.15) is 24.1 Å². The number of hydrogen-bond acceptors (Lipinski definition) is 3. The van der Waals surface area contributed by atoms with Gasteiger partial charge in [-0.15, -0.1) is 0 Å². The Morgan fingerprint density at radius 1 is 1.17 bits per heavy atom. The Labute approximate surface area is 141 Å². The third-order valence-electron chi connectivity index (χ3n) is 3.38. The lowest BCUT2D eigenvalue weighted by Gasteiger charge is -2.16. The maximum atomic E-state index is 13.6. The predicted octanol–water partition coefficient (Wildman–Crippen LogP) is 2.62. The first-order valence-corrected chi connectivity index (χ1v) is 9.24. The standard InChI is InChI=1S/C17H19FN2O3S/c1-12(13-7-5-8-15(10-13)20-24(2,22)23)19-17(21)11-14-6-3-4-9-16(14)18/h3-10,12,20H,11H2,1-2H3,(H,19,21). The summed E-state index contributed by atoms with van der Waals surface area (Å²) < 4.78 is 38.5. The van der Waals surface area contributed by atoms with Gasteiger partial charge in [0.05, 0.1) is 18.7 Å². The summed E-state index contributed by atoms with van der Waals surface area (Å²) in [6, 6.07) is 12.5. The minimum Gasteiger partial charge on any atom is -0.349 e. The van der Waals surface area contributed by atoms with Crippen LogP contribution in [0.2, 0.25) is 0 Å². The van der Waals surface area contributed by atoms with E-state index in [0.717, 1.165) is 11.8 Å². The molecule has 128 valence electrons. The summed E-state index contributed by atoms with van der Waals surface area (Å²) in [4.78, 5) is 12.1. The van der Waals surface area contributed by atoms with Crippen LogP contribution in [-0.2, 0) is 21.2 Å². The monoisotopic (exact) mass is 350 g/mol. The van der Waals surface area contributed by atoms with Gasteiger partial charge in [-0.2, -0.15) is 0 Å². The lowest BCUT2D eigenvalue weighted by atomic mass is 10.1. The average molecular weight is 350 g/mol. The number of anilines is 1. The van der Waals surface area contributed by atoms with Gasteiger partial charge < -0.3 is 5.32 Å². The highest BCUT2D eigenvalue weighted by molar-refractivity contribution is 7.92. The van der Waals surface area contributed by atoms with Crippen molar-refractivity contribution in [1.29, 1.82) is 0 Å². The van der Waals surface area contributed by atoms with Gasteiger partial charge in [-0.25, -0.2) is 12.8 Å². The lowest BCUT2D eigenvalue weighted by Crippen LogP contribution is -2.28. The van der Waals surface area contributed by atoms with Crippen molar-refractivity contribution in [1.82, 2.24) is 5.32 Å². The first-order chi connectivity index (χ1) is 11.2. The van der Waals surface area contributed by atoms with Gasteiger partial charge in [0, 0.05) is 5.69 Å². The second-order valence-corrected chi connectivity index (χ2v) is 7.31. The minimum absolute atomic E-state index is 0.0572. The maximum Gasteiger partial charge on any atom is 0.229 e. The molecule has 2 N–H and O–H groups in total. The van der Waals surface area contributed by atoms with E-state index in [1.165, 1.54) is 6.07 Å². The maximum absolute atomic E-state index is 13.6. The summed E-state index contributed by atoms with van der Waals surface area (Å²) >= 11 is 0. The number of sulfonamides is 1. The normalized spacial score (nSPS) is 12.5. The van der Waals surface area contributed by atoms with Crippen molar-refractivity contribution in [2.75, 3.05) is 11.0 Å². The summed E-state index contributed by atoms with van der Waals surface area (Å²) in [7, 11) is -3.37. The summed E-state index contributed by atoms with van der Waals surface area (Å²) in [5.74, 6) is -0.728. The van der Waals surface area contributed by atoms with Gasteiger partial charge in [-0.3, -0.25) is 9.52 Å². The van der Waals surface area contributed by atoms with Gasteiger partial charge >= 0.3 is 0 Å². The molecular weight excluding hydrogens is 331 g/mol. The van der Waals surface area contributed by atoms with Gasteiger partial charge in [0.15, 0.2) is 0 Å². The van der Waals surface area contributed by atoms with E-state index in [9.17, 15) is 17.6 Å². The molecule has 1 unspecified atom stereocenters. The Kier molecular flexibility index (Phi) is 5.56. The molecule has 1 amide bonds. The molecule has 0 saturated heterocycles. The van der Waals surface area contributed by atoms with Crippen molar-refractivity contribution in [2.24, 2.45) is 0 Å². The van der Waals surface area contributed by atoms with Gasteiger partial charge in [0.25, 0.3) is 0 Å². The van der Waals surface area contributed by atoms with Gasteiger partial charge in [0.1, 0.15) is 5.82 Å². The van der Waals surface area contributed by atoms with Crippen LogP contribution in [0.3, 0.4) is 0 Å². The molecular formula is C17H19FN2O3S. The zero-order valence-electron chi connectivity index (χ0n) is 13.4. The van der Waals surface area contributed by atoms with Crippen LogP contribution in [0.25, 0.3) is 0 Å². The number of carbonyl (C=O) groups is 1. The van der Waals surface area contributed by atoms with Crippen LogP contribution in [-0.4, -0.2) is 20.6 Å². The molecule has 5 nitrogen and oxygen atoms in total. The summed E-state index contributed by atoms with van der Waals surface area (Å²) in [5, 5.41) is 2.78. The SMILES string of the molecule is CC(NC(=O)Cc1ccccc1F)c1cccc(NS(C)(=O)=O)c1. The van der Waals surface area contributed by atoms with E-state index < -0.39 is 15.8 Å². The first-order valence-electron chi connectivity index (χ1n) is 7.35. The van der Waals surface area contributed by atoms with Crippen molar-refractivity contribution in [2.45, 2.75) is 19.4 Å². The number of amides is 1. The Hall–Kier alpha value is -2.41. The molecule has 2 aromatic carbocycles. The minimum atomic E-state index is -3.37. The van der Waals surface area contributed by atoms with Gasteiger partial charge in [0.2, 0.25) is 15.9 Å². The number of nitrogens with one attached hydrogen (secondary N) is 2. The fourth-order valence-corrected chi connectivity index (χ4v) is 2.83. The highest BCUT2D eigenvalue weighted by Crippen LogP contribution is 2.18. The zero-order valence-corrected chi connectivity index (χ0v) is 14.2. The average Bonchev–Trinajstić information content (AvgIpc) is 2.48. The second-order valence-electron chi connectivity index (χ2n) is 5.56. The topological polar surface area (TPSA) is 75.3 Å². The molecule has 7 heteroatoms. The fraction of sp³-hybridized carbons (Fsp3) is 0.235. The lowest BCUT2D eigenvalue weighted by molar-refractivity contribution is -0.121. The van der Waals surface area contributed by atoms with E-state index in [1.54, 1.807) is 49.4 Å². The van der Waals surface area contributed by atoms with E-state index in [1.807, 2.05) is 0 Å². The molecule has 2 aromatic rings. The molecule has 2 rings (SSSR count). The summed E-state index contributed by atoms with van der Waals surface area (Å²) in [5.41, 5.74) is 1.49. The third-order valence-corrected chi connectivity index (χ3v) is 3.98. The molecule has 1 atom stereocenters. The first kappa shape index (κ1) is 17.9. The molecule has 0 spiro atoms. The van der Waals surface area contributed by atoms with E-state index in [2.05, 4.69) is 10.0 Å². The molecule has 0 bridgehead atoms. The van der Waals surface area contributed by atoms with Crippen LogP contribution in [0.15, 0.2) is 48.5 Å². The largest absolute Gasteiger partial charge is 0.349 e. The van der Waals surface area contributed by atoms with Crippen molar-refractivity contribution in [3.63, 3.8) is 0 Å². The van der Waals surface area contributed by atoms with Crippen LogP contribution in [0.4, 0.5) is 10.1 Å². The highest BCUT2D eigenvalue weighted by atomic mass is 32.2. The molecule has 0 radical (unpaired) electrons. The second kappa shape index (κ2) is 7.44. The van der Waals surface area contributed by atoms with Crippen molar-refractivity contribution in [3.05, 3.63) is 65.5 Å². The molecule has 0 saturated carbocycles.